The lowest BCUT2D eigenvalue weighted by atomic mass is 9.69. The smallest absolute Gasteiger partial charge is 0.165 e. The van der Waals surface area contributed by atoms with E-state index in [1.165, 1.54) is 79.1 Å². The number of aromatic nitrogens is 2. The number of aliphatic hydroxyl groups excluding tert-OH is 3. The summed E-state index contributed by atoms with van der Waals surface area (Å²) >= 11 is 0. The second-order valence-corrected chi connectivity index (χ2v) is 13.1. The lowest BCUT2D eigenvalue weighted by Crippen LogP contribution is -2.32. The summed E-state index contributed by atoms with van der Waals surface area (Å²) < 4.78 is 79.2. The van der Waals surface area contributed by atoms with Crippen LogP contribution in [0.3, 0.4) is 0 Å². The highest BCUT2D eigenvalue weighted by atomic mass is 19.1. The van der Waals surface area contributed by atoms with Crippen LogP contribution in [0.2, 0.25) is 0 Å². The summed E-state index contributed by atoms with van der Waals surface area (Å²) in [6.07, 6.45) is -2.44. The van der Waals surface area contributed by atoms with Gasteiger partial charge in [-0.2, -0.15) is 5.10 Å². The Balaban J connectivity index is 1.84. The third kappa shape index (κ3) is 7.41. The molecule has 292 valence electrons. The second kappa shape index (κ2) is 16.8. The highest BCUT2D eigenvalue weighted by Gasteiger charge is 2.41. The van der Waals surface area contributed by atoms with Gasteiger partial charge in [0.1, 0.15) is 0 Å². The lowest BCUT2D eigenvalue weighted by molar-refractivity contribution is -0.0909. The van der Waals surface area contributed by atoms with E-state index < -0.39 is 54.1 Å². The number of methoxy groups -OCH3 is 6. The van der Waals surface area contributed by atoms with Gasteiger partial charge >= 0.3 is 0 Å². The molecule has 5 aromatic rings. The molecule has 1 aromatic heterocycles. The van der Waals surface area contributed by atoms with Crippen LogP contribution in [0.5, 0.6) is 17.2 Å². The molecule has 0 saturated heterocycles. The zero-order valence-electron chi connectivity index (χ0n) is 31.1. The van der Waals surface area contributed by atoms with Crippen molar-refractivity contribution < 1.29 is 56.9 Å². The first-order valence-electron chi connectivity index (χ1n) is 17.4. The Kier molecular flexibility index (Phi) is 12.1. The normalized spacial score (nSPS) is 15.6. The molecule has 0 bridgehead atoms. The molecule has 6 atom stereocenters. The summed E-state index contributed by atoms with van der Waals surface area (Å²) in [7, 11) is 7.81. The number of hydrogen-bond donors (Lipinski definition) is 4. The number of benzene rings is 4. The molecule has 6 rings (SSSR count). The van der Waals surface area contributed by atoms with Crippen molar-refractivity contribution in [1.82, 2.24) is 10.2 Å². The summed E-state index contributed by atoms with van der Waals surface area (Å²) in [5.74, 6) is -5.99. The fourth-order valence-corrected chi connectivity index (χ4v) is 7.72. The minimum atomic E-state index is -1.68. The van der Waals surface area contributed by atoms with Gasteiger partial charge in [-0.05, 0) is 99.8 Å². The van der Waals surface area contributed by atoms with Crippen LogP contribution < -0.4 is 14.2 Å². The predicted molar refractivity (Wildman–Crippen MR) is 195 cm³/mol. The molecular formula is C41H43F3N2O9. The minimum Gasteiger partial charge on any atom is -0.494 e. The fourth-order valence-electron chi connectivity index (χ4n) is 7.72. The Morgan fingerprint density at radius 3 is 1.44 bits per heavy atom. The number of rotatable bonds is 15. The lowest BCUT2D eigenvalue weighted by Gasteiger charge is -2.38. The number of nitrogens with zero attached hydrogens (tertiary/aromatic N) is 1. The first-order valence-corrected chi connectivity index (χ1v) is 17.4. The van der Waals surface area contributed by atoms with E-state index in [0.29, 0.717) is 35.1 Å². The van der Waals surface area contributed by atoms with E-state index in [-0.39, 0.29) is 45.1 Å². The van der Waals surface area contributed by atoms with Crippen molar-refractivity contribution in [3.05, 3.63) is 129 Å². The minimum absolute atomic E-state index is 0.0420. The number of halogens is 3. The Labute approximate surface area is 316 Å². The van der Waals surface area contributed by atoms with E-state index in [0.717, 1.165) is 5.69 Å². The molecule has 1 aliphatic carbocycles. The molecule has 55 heavy (non-hydrogen) atoms. The molecule has 0 aliphatic heterocycles. The van der Waals surface area contributed by atoms with Gasteiger partial charge in [-0.3, -0.25) is 5.10 Å². The van der Waals surface area contributed by atoms with Crippen LogP contribution in [-0.2, 0) is 27.1 Å². The van der Waals surface area contributed by atoms with Gasteiger partial charge in [-0.15, -0.1) is 0 Å². The molecule has 0 fully saturated rings. The number of aromatic amines is 1. The van der Waals surface area contributed by atoms with E-state index in [9.17, 15) is 15.3 Å². The van der Waals surface area contributed by atoms with Crippen LogP contribution in [0.4, 0.5) is 13.2 Å². The predicted octanol–water partition coefficient (Wildman–Crippen LogP) is 5.91. The Morgan fingerprint density at radius 2 is 1.00 bits per heavy atom. The fraction of sp³-hybridized carbons (Fsp3) is 0.341. The van der Waals surface area contributed by atoms with Gasteiger partial charge < -0.3 is 43.7 Å². The van der Waals surface area contributed by atoms with Gasteiger partial charge in [0.05, 0.1) is 44.8 Å². The average Bonchev–Trinajstić information content (AvgIpc) is 3.68. The number of aryl methyl sites for hydroxylation is 1. The molecule has 14 heteroatoms. The Bertz CT molecular complexity index is 2140. The first kappa shape index (κ1) is 39.7. The highest BCUT2D eigenvalue weighted by Crippen LogP contribution is 2.51. The summed E-state index contributed by atoms with van der Waals surface area (Å²) in [5, 5.41) is 42.9. The molecule has 4 aromatic carbocycles. The van der Waals surface area contributed by atoms with Gasteiger partial charge in [0, 0.05) is 33.1 Å². The van der Waals surface area contributed by atoms with Crippen molar-refractivity contribution >= 4 is 0 Å². The monoisotopic (exact) mass is 764 g/mol. The van der Waals surface area contributed by atoms with E-state index in [2.05, 4.69) is 10.2 Å². The number of aliphatic hydroxyl groups is 3. The molecule has 0 amide bonds. The Hall–Kier alpha value is -4.96. The van der Waals surface area contributed by atoms with Gasteiger partial charge in [0.25, 0.3) is 0 Å². The van der Waals surface area contributed by atoms with Gasteiger partial charge in [-0.25, -0.2) is 13.2 Å². The maximum absolute atomic E-state index is 15.7. The van der Waals surface area contributed by atoms with Crippen LogP contribution in [0.25, 0.3) is 11.1 Å². The number of ether oxygens (including phenoxy) is 6. The molecule has 4 N–H and O–H groups in total. The van der Waals surface area contributed by atoms with E-state index in [1.807, 2.05) is 0 Å². The Morgan fingerprint density at radius 1 is 0.564 bits per heavy atom. The van der Waals surface area contributed by atoms with Gasteiger partial charge in [0.15, 0.2) is 53.6 Å². The zero-order valence-corrected chi connectivity index (χ0v) is 31.1. The average molecular weight is 765 g/mol. The van der Waals surface area contributed by atoms with E-state index >= 15 is 13.2 Å². The van der Waals surface area contributed by atoms with Gasteiger partial charge in [0.2, 0.25) is 0 Å². The van der Waals surface area contributed by atoms with Crippen molar-refractivity contribution in [2.75, 3.05) is 42.7 Å². The summed E-state index contributed by atoms with van der Waals surface area (Å²) in [6.45, 7) is 0. The van der Waals surface area contributed by atoms with Crippen LogP contribution in [0.15, 0.2) is 66.9 Å². The molecule has 0 spiro atoms. The summed E-state index contributed by atoms with van der Waals surface area (Å²) in [5.41, 5.74) is 4.34. The van der Waals surface area contributed by atoms with Crippen LogP contribution >= 0.6 is 0 Å². The molecule has 6 unspecified atom stereocenters. The molecule has 1 heterocycles. The molecule has 0 saturated carbocycles. The number of H-pyrrole nitrogens is 1. The van der Waals surface area contributed by atoms with Crippen LogP contribution in [0.1, 0.15) is 62.4 Å². The van der Waals surface area contributed by atoms with Gasteiger partial charge in [-0.1, -0.05) is 18.2 Å². The second-order valence-electron chi connectivity index (χ2n) is 13.1. The topological polar surface area (TPSA) is 145 Å². The zero-order chi connectivity index (χ0) is 39.6. The largest absolute Gasteiger partial charge is 0.494 e. The molecule has 11 nitrogen and oxygen atoms in total. The maximum Gasteiger partial charge on any atom is 0.165 e. The standard InChI is InChI=1S/C41H43F3N2O9/c1-50-31-12-7-20(15-27(31)42)34(39(47)53-4)25-18-24-23(10-11-30-26(24)19-45-46-30)37(35(40(48)54-5)21-8-13-32(51-2)28(43)16-21)38(25)36(41(49)55-6)22-9-14-33(52-3)29(44)17-22/h7-9,12-19,34-36,39-41,47-49H,10-11H2,1-6H3,(H,45,46). The highest BCUT2D eigenvalue weighted by molar-refractivity contribution is 5.77. The SMILES string of the molecule is COc1ccc(C(c2cc3c(c(C(c4ccc(OC)c(F)c4)C(O)OC)c2C(c2ccc(OC)c(F)c2)C(O)OC)CCc2n[nH]cc2-3)C(O)OC)cc1F. The van der Waals surface area contributed by atoms with Crippen molar-refractivity contribution in [3.63, 3.8) is 0 Å². The molecule has 0 radical (unpaired) electrons. The number of fused-ring (bicyclic) bond motifs is 3. The van der Waals surface area contributed by atoms with Crippen molar-refractivity contribution in [1.29, 1.82) is 0 Å². The summed E-state index contributed by atoms with van der Waals surface area (Å²) in [4.78, 5) is 0. The van der Waals surface area contributed by atoms with E-state index in [1.54, 1.807) is 30.5 Å². The van der Waals surface area contributed by atoms with E-state index in [4.69, 9.17) is 28.4 Å². The number of hydrogen-bond acceptors (Lipinski definition) is 10. The third-order valence-corrected chi connectivity index (χ3v) is 10.3. The van der Waals surface area contributed by atoms with Crippen LogP contribution in [0, 0.1) is 17.5 Å². The summed E-state index contributed by atoms with van der Waals surface area (Å²) in [6, 6.07) is 14.3. The first-order chi connectivity index (χ1) is 26.5. The third-order valence-electron chi connectivity index (χ3n) is 10.3. The van der Waals surface area contributed by atoms with Crippen molar-refractivity contribution in [3.8, 4) is 28.4 Å². The van der Waals surface area contributed by atoms with Crippen LogP contribution in [-0.4, -0.2) is 87.0 Å². The quantitative estimate of drug-likeness (QED) is 0.0951. The maximum atomic E-state index is 15.7. The van der Waals surface area contributed by atoms with Crippen molar-refractivity contribution in [2.24, 2.45) is 0 Å². The molecule has 1 aliphatic rings. The molecular weight excluding hydrogens is 721 g/mol. The van der Waals surface area contributed by atoms with Crippen molar-refractivity contribution in [2.45, 2.75) is 49.5 Å². The number of nitrogens with one attached hydrogen (secondary N) is 1.